The normalized spacial score (nSPS) is 12.2. The van der Waals surface area contributed by atoms with E-state index in [9.17, 15) is 0 Å². The first-order chi connectivity index (χ1) is 12.2. The van der Waals surface area contributed by atoms with Crippen LogP contribution in [-0.2, 0) is 0 Å². The maximum atomic E-state index is 5.51. The van der Waals surface area contributed by atoms with Crippen molar-refractivity contribution in [3.8, 4) is 11.4 Å². The molecule has 1 N–H and O–H groups in total. The van der Waals surface area contributed by atoms with Crippen LogP contribution >= 0.6 is 0 Å². The fraction of sp³-hybridized carbons (Fsp3) is 0.278. The number of hydrogen-bond donors (Lipinski definition) is 1. The van der Waals surface area contributed by atoms with E-state index >= 15 is 0 Å². The van der Waals surface area contributed by atoms with Crippen molar-refractivity contribution in [2.24, 2.45) is 0 Å². The average Bonchev–Trinajstić information content (AvgIpc) is 3.11. The minimum Gasteiger partial charge on any atom is -0.496 e. The number of tetrazole rings is 1. The lowest BCUT2D eigenvalue weighted by molar-refractivity contribution is 0.299. The highest BCUT2D eigenvalue weighted by atomic mass is 16.5. The second-order valence-corrected chi connectivity index (χ2v) is 5.85. The third-order valence-electron chi connectivity index (χ3n) is 4.05. The minimum atomic E-state index is 0.108. The number of likely N-dealkylation sites (N-methyl/N-ethyl adjacent to an activating group) is 1. The highest BCUT2D eigenvalue weighted by Gasteiger charge is 2.19. The molecular formula is C18H22N6O. The van der Waals surface area contributed by atoms with Crippen molar-refractivity contribution in [1.29, 1.82) is 0 Å². The molecule has 0 amide bonds. The first-order valence-corrected chi connectivity index (χ1v) is 8.07. The Morgan fingerprint density at radius 3 is 2.52 bits per heavy atom. The Hall–Kier alpha value is -2.93. The second-order valence-electron chi connectivity index (χ2n) is 5.85. The summed E-state index contributed by atoms with van der Waals surface area (Å²) in [6, 6.07) is 17.9. The third kappa shape index (κ3) is 3.77. The number of nitrogens with zero attached hydrogens (tertiary/aromatic N) is 5. The molecule has 0 radical (unpaired) electrons. The van der Waals surface area contributed by atoms with E-state index in [1.54, 1.807) is 11.8 Å². The van der Waals surface area contributed by atoms with E-state index in [-0.39, 0.29) is 6.04 Å². The van der Waals surface area contributed by atoms with Crippen molar-refractivity contribution in [3.05, 3.63) is 60.2 Å². The van der Waals surface area contributed by atoms with Gasteiger partial charge in [0.25, 0.3) is 0 Å². The average molecular weight is 338 g/mol. The summed E-state index contributed by atoms with van der Waals surface area (Å²) in [5, 5.41) is 15.3. The number of rotatable bonds is 7. The molecule has 7 heteroatoms. The Balaban J connectivity index is 1.81. The van der Waals surface area contributed by atoms with Gasteiger partial charge in [0.2, 0.25) is 5.95 Å². The van der Waals surface area contributed by atoms with Crippen molar-refractivity contribution in [1.82, 2.24) is 25.1 Å². The standard InChI is InChI=1S/C18H22N6O/c1-23(2)16(15-11-7-8-12-17(15)25-3)13-19-18-20-21-22-24(18)14-9-5-4-6-10-14/h4-12,16H,13H2,1-3H3,(H,19,20,22)/t16-/m0/s1. The Labute approximate surface area is 147 Å². The highest BCUT2D eigenvalue weighted by molar-refractivity contribution is 5.40. The van der Waals surface area contributed by atoms with Gasteiger partial charge in [0.1, 0.15) is 5.75 Å². The summed E-state index contributed by atoms with van der Waals surface area (Å²) in [5.74, 6) is 1.47. The van der Waals surface area contributed by atoms with E-state index in [1.807, 2.05) is 62.6 Å². The number of para-hydroxylation sites is 2. The monoisotopic (exact) mass is 338 g/mol. The van der Waals surface area contributed by atoms with E-state index in [0.29, 0.717) is 12.5 Å². The summed E-state index contributed by atoms with van der Waals surface area (Å²) in [4.78, 5) is 2.14. The van der Waals surface area contributed by atoms with Gasteiger partial charge in [0.05, 0.1) is 18.8 Å². The lowest BCUT2D eigenvalue weighted by atomic mass is 10.0. The zero-order valence-electron chi connectivity index (χ0n) is 14.6. The molecule has 0 aliphatic rings. The molecule has 1 aromatic heterocycles. The molecule has 130 valence electrons. The van der Waals surface area contributed by atoms with Gasteiger partial charge in [-0.3, -0.25) is 0 Å². The number of nitrogens with one attached hydrogen (secondary N) is 1. The number of hydrogen-bond acceptors (Lipinski definition) is 6. The van der Waals surface area contributed by atoms with Crippen LogP contribution in [0.4, 0.5) is 5.95 Å². The van der Waals surface area contributed by atoms with Gasteiger partial charge in [0.15, 0.2) is 0 Å². The van der Waals surface area contributed by atoms with Gasteiger partial charge in [-0.25, -0.2) is 0 Å². The predicted octanol–water partition coefficient (Wildman–Crippen LogP) is 2.39. The van der Waals surface area contributed by atoms with E-state index in [4.69, 9.17) is 4.74 Å². The molecule has 1 atom stereocenters. The van der Waals surface area contributed by atoms with Crippen LogP contribution in [0.3, 0.4) is 0 Å². The summed E-state index contributed by atoms with van der Waals surface area (Å²) in [7, 11) is 5.77. The number of benzene rings is 2. The lowest BCUT2D eigenvalue weighted by Crippen LogP contribution is -2.28. The smallest absolute Gasteiger partial charge is 0.247 e. The van der Waals surface area contributed by atoms with Gasteiger partial charge >= 0.3 is 0 Å². The van der Waals surface area contributed by atoms with Gasteiger partial charge in [-0.05, 0) is 42.7 Å². The largest absolute Gasteiger partial charge is 0.496 e. The number of ether oxygens (including phenoxy) is 1. The van der Waals surface area contributed by atoms with Crippen LogP contribution in [0.5, 0.6) is 5.75 Å². The van der Waals surface area contributed by atoms with Gasteiger partial charge < -0.3 is 15.0 Å². The highest BCUT2D eigenvalue weighted by Crippen LogP contribution is 2.28. The molecule has 0 fully saturated rings. The molecule has 3 aromatic rings. The van der Waals surface area contributed by atoms with Gasteiger partial charge in [-0.2, -0.15) is 4.68 Å². The molecule has 3 rings (SSSR count). The Morgan fingerprint density at radius 2 is 1.80 bits per heavy atom. The molecule has 7 nitrogen and oxygen atoms in total. The topological polar surface area (TPSA) is 68.1 Å². The summed E-state index contributed by atoms with van der Waals surface area (Å²) in [5.41, 5.74) is 2.02. The van der Waals surface area contributed by atoms with Crippen LogP contribution < -0.4 is 10.1 Å². The van der Waals surface area contributed by atoms with E-state index in [2.05, 4.69) is 31.8 Å². The van der Waals surface area contributed by atoms with E-state index in [0.717, 1.165) is 17.0 Å². The number of anilines is 1. The Bertz CT molecular complexity index is 802. The molecule has 25 heavy (non-hydrogen) atoms. The summed E-state index contributed by atoms with van der Waals surface area (Å²) < 4.78 is 7.20. The van der Waals surface area contributed by atoms with Gasteiger partial charge in [-0.15, -0.1) is 0 Å². The van der Waals surface area contributed by atoms with Crippen molar-refractivity contribution >= 4 is 5.95 Å². The van der Waals surface area contributed by atoms with Crippen LogP contribution in [0.15, 0.2) is 54.6 Å². The van der Waals surface area contributed by atoms with Gasteiger partial charge in [-0.1, -0.05) is 41.5 Å². The van der Waals surface area contributed by atoms with E-state index < -0.39 is 0 Å². The Kier molecular flexibility index (Phi) is 5.25. The SMILES string of the molecule is COc1ccccc1[C@H](CNc1nnnn1-c1ccccc1)N(C)C. The predicted molar refractivity (Wildman–Crippen MR) is 97.1 cm³/mol. The molecule has 2 aromatic carbocycles. The molecular weight excluding hydrogens is 316 g/mol. The fourth-order valence-corrected chi connectivity index (χ4v) is 2.74. The molecule has 0 unspecified atom stereocenters. The molecule has 0 bridgehead atoms. The van der Waals surface area contributed by atoms with Crippen LogP contribution in [0.2, 0.25) is 0 Å². The van der Waals surface area contributed by atoms with Crippen LogP contribution in [0.25, 0.3) is 5.69 Å². The summed E-state index contributed by atoms with van der Waals surface area (Å²) >= 11 is 0. The zero-order chi connectivity index (χ0) is 17.6. The molecule has 0 aliphatic heterocycles. The maximum Gasteiger partial charge on any atom is 0.247 e. The van der Waals surface area contributed by atoms with E-state index in [1.165, 1.54) is 0 Å². The molecule has 0 aliphatic carbocycles. The van der Waals surface area contributed by atoms with Crippen LogP contribution in [0, 0.1) is 0 Å². The van der Waals surface area contributed by atoms with Crippen molar-refractivity contribution < 1.29 is 4.74 Å². The molecule has 1 heterocycles. The van der Waals surface area contributed by atoms with Crippen molar-refractivity contribution in [2.45, 2.75) is 6.04 Å². The third-order valence-corrected chi connectivity index (χ3v) is 4.05. The van der Waals surface area contributed by atoms with Gasteiger partial charge in [0, 0.05) is 12.1 Å². The summed E-state index contributed by atoms with van der Waals surface area (Å²) in [6.45, 7) is 0.639. The van der Waals surface area contributed by atoms with Crippen molar-refractivity contribution in [3.63, 3.8) is 0 Å². The molecule has 0 saturated heterocycles. The molecule has 0 spiro atoms. The fourth-order valence-electron chi connectivity index (χ4n) is 2.74. The number of aromatic nitrogens is 4. The Morgan fingerprint density at radius 1 is 1.08 bits per heavy atom. The number of methoxy groups -OCH3 is 1. The van der Waals surface area contributed by atoms with Crippen molar-refractivity contribution in [2.75, 3.05) is 33.1 Å². The van der Waals surface area contributed by atoms with Crippen LogP contribution in [-0.4, -0.2) is 52.9 Å². The van der Waals surface area contributed by atoms with Crippen LogP contribution in [0.1, 0.15) is 11.6 Å². The first kappa shape index (κ1) is 16.9. The minimum absolute atomic E-state index is 0.108. The second kappa shape index (κ2) is 7.76. The first-order valence-electron chi connectivity index (χ1n) is 8.07. The maximum absolute atomic E-state index is 5.51. The zero-order valence-corrected chi connectivity index (χ0v) is 14.6. The lowest BCUT2D eigenvalue weighted by Gasteiger charge is -2.26. The molecule has 0 saturated carbocycles. The summed E-state index contributed by atoms with van der Waals surface area (Å²) in [6.07, 6.45) is 0. The quantitative estimate of drug-likeness (QED) is 0.713.